The topological polar surface area (TPSA) is 95.5 Å². The zero-order chi connectivity index (χ0) is 17.2. The Labute approximate surface area is 168 Å². The number of carbonyl (C=O) groups is 1. The minimum absolute atomic E-state index is 0. The number of ether oxygens (including phenoxy) is 1. The Balaban J connectivity index is 0.00000225. The van der Waals surface area contributed by atoms with Crippen LogP contribution in [0, 0.1) is 0 Å². The maximum Gasteiger partial charge on any atom is 1.00 e. The van der Waals surface area contributed by atoms with E-state index in [-0.39, 0.29) is 40.5 Å². The fourth-order valence-corrected chi connectivity index (χ4v) is 4.05. The number of rotatable bonds is 6. The Hall–Kier alpha value is -1.38. The Morgan fingerprint density at radius 1 is 1.12 bits per heavy atom. The maximum atomic E-state index is 12.4. The third-order valence-corrected chi connectivity index (χ3v) is 5.38. The van der Waals surface area contributed by atoms with E-state index in [0.29, 0.717) is 18.6 Å². The van der Waals surface area contributed by atoms with Crippen LogP contribution in [0.1, 0.15) is 11.1 Å². The predicted molar refractivity (Wildman–Crippen MR) is 84.9 cm³/mol. The van der Waals surface area contributed by atoms with E-state index in [1.165, 1.54) is 0 Å². The molecule has 3 rings (SSSR count). The summed E-state index contributed by atoms with van der Waals surface area (Å²) >= 11 is 0. The molecule has 0 fully saturated rings. The summed E-state index contributed by atoms with van der Waals surface area (Å²) in [5.41, 5.74) is 1.98. The number of carboxylic acids is 1. The monoisotopic (exact) mass is 369 g/mol. The molecule has 0 saturated heterocycles. The van der Waals surface area contributed by atoms with Gasteiger partial charge in [-0.3, -0.25) is 0 Å². The van der Waals surface area contributed by atoms with Crippen molar-refractivity contribution in [3.63, 3.8) is 0 Å². The van der Waals surface area contributed by atoms with Gasteiger partial charge in [-0.05, 0) is 48.2 Å². The maximum absolute atomic E-state index is 12.4. The van der Waals surface area contributed by atoms with Crippen molar-refractivity contribution in [2.45, 2.75) is 23.8 Å². The van der Waals surface area contributed by atoms with Crippen LogP contribution in [0.5, 0.6) is 5.75 Å². The number of hydrogen-bond donors (Lipinski definition) is 1. The Bertz CT molecular complexity index is 855. The van der Waals surface area contributed by atoms with Gasteiger partial charge >= 0.3 is 29.6 Å². The second kappa shape index (κ2) is 8.33. The van der Waals surface area contributed by atoms with E-state index in [1.807, 2.05) is 6.07 Å². The SMILES string of the molecule is O=C([O-])COc1ccc2c(c1)CC(NS(=O)(=O)c1ccccc1)C2.[Na+]. The third kappa shape index (κ3) is 5.05. The van der Waals surface area contributed by atoms with Crippen molar-refractivity contribution in [1.29, 1.82) is 0 Å². The molecule has 2 aromatic rings. The van der Waals surface area contributed by atoms with E-state index in [4.69, 9.17) is 4.74 Å². The smallest absolute Gasteiger partial charge is 0.546 e. The predicted octanol–water partition coefficient (Wildman–Crippen LogP) is -2.73. The standard InChI is InChI=1S/C17H17NO5S.Na/c19-17(20)11-23-15-7-6-12-8-14(9-13(12)10-15)18-24(21,22)16-4-2-1-3-5-16;/h1-7,10,14,18H,8-9,11H2,(H,19,20);/q;+1/p-1. The zero-order valence-corrected chi connectivity index (χ0v) is 16.6. The van der Waals surface area contributed by atoms with Crippen LogP contribution in [0.15, 0.2) is 53.4 Å². The van der Waals surface area contributed by atoms with E-state index in [1.54, 1.807) is 42.5 Å². The molecule has 0 aliphatic heterocycles. The number of carbonyl (C=O) groups excluding carboxylic acids is 1. The second-order valence-electron chi connectivity index (χ2n) is 5.63. The fraction of sp³-hybridized carbons (Fsp3) is 0.235. The zero-order valence-electron chi connectivity index (χ0n) is 13.8. The second-order valence-corrected chi connectivity index (χ2v) is 7.34. The summed E-state index contributed by atoms with van der Waals surface area (Å²) in [6.45, 7) is -0.511. The molecule has 0 spiro atoms. The first-order valence-electron chi connectivity index (χ1n) is 7.46. The molecule has 2 aromatic carbocycles. The van der Waals surface area contributed by atoms with E-state index in [2.05, 4.69) is 4.72 Å². The molecule has 1 aliphatic carbocycles. The Morgan fingerprint density at radius 2 is 1.80 bits per heavy atom. The van der Waals surface area contributed by atoms with Crippen molar-refractivity contribution in [1.82, 2.24) is 4.72 Å². The van der Waals surface area contributed by atoms with Crippen LogP contribution < -0.4 is 44.1 Å². The minimum Gasteiger partial charge on any atom is -0.546 e. The summed E-state index contributed by atoms with van der Waals surface area (Å²) in [5, 5.41) is 10.4. The van der Waals surface area contributed by atoms with Gasteiger partial charge in [-0.15, -0.1) is 0 Å². The van der Waals surface area contributed by atoms with Crippen molar-refractivity contribution in [2.75, 3.05) is 6.61 Å². The molecule has 126 valence electrons. The number of carboxylic acid groups (broad SMARTS) is 1. The van der Waals surface area contributed by atoms with Crippen LogP contribution in [0.3, 0.4) is 0 Å². The van der Waals surface area contributed by atoms with Crippen molar-refractivity contribution < 1.29 is 52.6 Å². The molecular formula is C17H16NNaO5S. The molecule has 0 amide bonds. The van der Waals surface area contributed by atoms with Crippen LogP contribution in [-0.4, -0.2) is 27.0 Å². The number of aliphatic carboxylic acids is 1. The van der Waals surface area contributed by atoms with Crippen LogP contribution in [-0.2, 0) is 27.7 Å². The first kappa shape index (κ1) is 19.9. The van der Waals surface area contributed by atoms with Crippen molar-refractivity contribution in [3.8, 4) is 5.75 Å². The van der Waals surface area contributed by atoms with Gasteiger partial charge in [-0.1, -0.05) is 24.3 Å². The molecule has 0 radical (unpaired) electrons. The molecule has 1 aliphatic rings. The Kier molecular flexibility index (Phi) is 6.65. The van der Waals surface area contributed by atoms with Gasteiger partial charge in [-0.2, -0.15) is 0 Å². The third-order valence-electron chi connectivity index (χ3n) is 3.84. The van der Waals surface area contributed by atoms with E-state index >= 15 is 0 Å². The van der Waals surface area contributed by atoms with Crippen LogP contribution in [0.25, 0.3) is 0 Å². The fourth-order valence-electron chi connectivity index (χ4n) is 2.80. The van der Waals surface area contributed by atoms with Gasteiger partial charge in [0.2, 0.25) is 10.0 Å². The molecule has 1 atom stereocenters. The summed E-state index contributed by atoms with van der Waals surface area (Å²) in [5.74, 6) is -0.853. The molecular weight excluding hydrogens is 353 g/mol. The summed E-state index contributed by atoms with van der Waals surface area (Å²) in [4.78, 5) is 10.7. The van der Waals surface area contributed by atoms with Crippen LogP contribution in [0.4, 0.5) is 0 Å². The summed E-state index contributed by atoms with van der Waals surface area (Å²) in [6, 6.07) is 13.2. The van der Waals surface area contributed by atoms with Crippen LogP contribution in [0.2, 0.25) is 0 Å². The van der Waals surface area contributed by atoms with Crippen LogP contribution >= 0.6 is 0 Å². The largest absolute Gasteiger partial charge is 1.00 e. The molecule has 25 heavy (non-hydrogen) atoms. The minimum atomic E-state index is -3.56. The van der Waals surface area contributed by atoms with Gasteiger partial charge in [-0.25, -0.2) is 13.1 Å². The van der Waals surface area contributed by atoms with E-state index in [0.717, 1.165) is 11.1 Å². The normalized spacial score (nSPS) is 15.9. The average molecular weight is 369 g/mol. The van der Waals surface area contributed by atoms with Gasteiger partial charge in [0.05, 0.1) is 10.9 Å². The molecule has 0 saturated carbocycles. The van der Waals surface area contributed by atoms with E-state index < -0.39 is 22.6 Å². The van der Waals surface area contributed by atoms with Gasteiger partial charge in [0.25, 0.3) is 0 Å². The molecule has 0 heterocycles. The van der Waals surface area contributed by atoms with E-state index in [9.17, 15) is 18.3 Å². The number of hydrogen-bond acceptors (Lipinski definition) is 5. The van der Waals surface area contributed by atoms with Crippen molar-refractivity contribution in [2.24, 2.45) is 0 Å². The average Bonchev–Trinajstić information content (AvgIpc) is 2.94. The number of nitrogens with one attached hydrogen (secondary N) is 1. The van der Waals surface area contributed by atoms with Gasteiger partial charge in [0, 0.05) is 6.04 Å². The first-order valence-corrected chi connectivity index (χ1v) is 8.94. The molecule has 1 unspecified atom stereocenters. The quantitative estimate of drug-likeness (QED) is 0.558. The molecule has 0 aromatic heterocycles. The summed E-state index contributed by atoms with van der Waals surface area (Å²) in [6.07, 6.45) is 1.12. The first-order chi connectivity index (χ1) is 11.4. The number of sulfonamides is 1. The molecule has 8 heteroatoms. The summed E-state index contributed by atoms with van der Waals surface area (Å²) in [7, 11) is -3.56. The molecule has 0 bridgehead atoms. The van der Waals surface area contributed by atoms with Crippen molar-refractivity contribution >= 4 is 16.0 Å². The van der Waals surface area contributed by atoms with Gasteiger partial charge in [0.1, 0.15) is 12.4 Å². The van der Waals surface area contributed by atoms with Gasteiger partial charge in [0.15, 0.2) is 0 Å². The number of benzene rings is 2. The molecule has 1 N–H and O–H groups in total. The van der Waals surface area contributed by atoms with Gasteiger partial charge < -0.3 is 14.6 Å². The summed E-state index contributed by atoms with van der Waals surface area (Å²) < 4.78 is 32.6. The Morgan fingerprint density at radius 3 is 2.48 bits per heavy atom. The molecule has 6 nitrogen and oxygen atoms in total. The number of fused-ring (bicyclic) bond motifs is 1. The van der Waals surface area contributed by atoms with Crippen molar-refractivity contribution in [3.05, 3.63) is 59.7 Å².